The molecule has 0 aromatic carbocycles. The van der Waals surface area contributed by atoms with Gasteiger partial charge in [0.25, 0.3) is 0 Å². The van der Waals surface area contributed by atoms with Gasteiger partial charge in [-0.1, -0.05) is 0 Å². The van der Waals surface area contributed by atoms with Gasteiger partial charge in [-0.3, -0.25) is 9.97 Å². The minimum absolute atomic E-state index is 0.465. The summed E-state index contributed by atoms with van der Waals surface area (Å²) in [4.78, 5) is 8.15. The van der Waals surface area contributed by atoms with Gasteiger partial charge in [0.05, 0.1) is 5.69 Å². The van der Waals surface area contributed by atoms with Crippen LogP contribution in [-0.4, -0.2) is 23.1 Å². The molecule has 1 rings (SSSR count). The third kappa shape index (κ3) is 2.63. The van der Waals surface area contributed by atoms with Gasteiger partial charge >= 0.3 is 0 Å². The van der Waals surface area contributed by atoms with Gasteiger partial charge in [-0.2, -0.15) is 0 Å². The second-order valence-corrected chi connectivity index (χ2v) is 2.59. The summed E-state index contributed by atoms with van der Waals surface area (Å²) in [5, 5.41) is 3.15. The molecular weight excluding hydrogens is 138 g/mol. The van der Waals surface area contributed by atoms with Crippen molar-refractivity contribution in [1.29, 1.82) is 0 Å². The first kappa shape index (κ1) is 8.14. The van der Waals surface area contributed by atoms with Crippen molar-refractivity contribution < 1.29 is 0 Å². The molecule has 0 aliphatic rings. The minimum atomic E-state index is 0.465. The highest BCUT2D eigenvalue weighted by Crippen LogP contribution is 1.95. The van der Waals surface area contributed by atoms with Crippen molar-refractivity contribution in [2.75, 3.05) is 7.05 Å². The lowest BCUT2D eigenvalue weighted by Gasteiger charge is -2.07. The summed E-state index contributed by atoms with van der Waals surface area (Å²) in [5.41, 5.74) is 1.04. The maximum atomic E-state index is 4.16. The van der Waals surface area contributed by atoms with E-state index in [0.29, 0.717) is 6.04 Å². The van der Waals surface area contributed by atoms with Crippen molar-refractivity contribution in [2.24, 2.45) is 0 Å². The lowest BCUT2D eigenvalue weighted by atomic mass is 10.2. The Morgan fingerprint density at radius 2 is 2.36 bits per heavy atom. The van der Waals surface area contributed by atoms with E-state index in [2.05, 4.69) is 22.2 Å². The fraction of sp³-hybridized carbons (Fsp3) is 0.500. The average molecular weight is 151 g/mol. The van der Waals surface area contributed by atoms with E-state index < -0.39 is 0 Å². The van der Waals surface area contributed by atoms with Gasteiger partial charge < -0.3 is 5.32 Å². The van der Waals surface area contributed by atoms with Gasteiger partial charge in [-0.05, 0) is 14.0 Å². The number of rotatable bonds is 3. The van der Waals surface area contributed by atoms with Crippen molar-refractivity contribution in [3.63, 3.8) is 0 Å². The molecule has 1 N–H and O–H groups in total. The Labute approximate surface area is 66.9 Å². The van der Waals surface area contributed by atoms with Crippen LogP contribution in [0.25, 0.3) is 0 Å². The molecule has 0 aliphatic carbocycles. The molecule has 1 heterocycles. The Morgan fingerprint density at radius 3 is 2.91 bits per heavy atom. The molecule has 1 aromatic heterocycles. The molecule has 3 heteroatoms. The molecule has 1 aromatic rings. The number of nitrogens with one attached hydrogen (secondary N) is 1. The van der Waals surface area contributed by atoms with E-state index in [-0.39, 0.29) is 0 Å². The van der Waals surface area contributed by atoms with Gasteiger partial charge in [-0.25, -0.2) is 0 Å². The molecule has 0 amide bonds. The van der Waals surface area contributed by atoms with Gasteiger partial charge in [0.15, 0.2) is 0 Å². The Kier molecular flexibility index (Phi) is 2.98. The molecule has 0 unspecified atom stereocenters. The van der Waals surface area contributed by atoms with E-state index in [1.54, 1.807) is 18.6 Å². The average Bonchev–Trinajstić information content (AvgIpc) is 2.06. The van der Waals surface area contributed by atoms with Crippen LogP contribution in [0.5, 0.6) is 0 Å². The maximum Gasteiger partial charge on any atom is 0.0602 e. The Morgan fingerprint density at radius 1 is 1.55 bits per heavy atom. The third-order valence-electron chi connectivity index (χ3n) is 1.62. The molecule has 0 saturated carbocycles. The standard InChI is InChI=1S/C8H13N3/c1-7(9-2)5-8-6-10-3-4-11-8/h3-4,6-7,9H,5H2,1-2H3/t7-/m0/s1. The number of aromatic nitrogens is 2. The van der Waals surface area contributed by atoms with Gasteiger partial charge in [-0.15, -0.1) is 0 Å². The summed E-state index contributed by atoms with van der Waals surface area (Å²) in [6.45, 7) is 2.12. The second-order valence-electron chi connectivity index (χ2n) is 2.59. The summed E-state index contributed by atoms with van der Waals surface area (Å²) < 4.78 is 0. The fourth-order valence-electron chi connectivity index (χ4n) is 0.851. The molecule has 60 valence electrons. The van der Waals surface area contributed by atoms with E-state index >= 15 is 0 Å². The number of hydrogen-bond donors (Lipinski definition) is 1. The van der Waals surface area contributed by atoms with Crippen LogP contribution < -0.4 is 5.32 Å². The summed E-state index contributed by atoms with van der Waals surface area (Å²) in [6, 6.07) is 0.465. The van der Waals surface area contributed by atoms with E-state index in [0.717, 1.165) is 12.1 Å². The smallest absolute Gasteiger partial charge is 0.0602 e. The zero-order valence-corrected chi connectivity index (χ0v) is 6.91. The van der Waals surface area contributed by atoms with Crippen LogP contribution in [0.1, 0.15) is 12.6 Å². The fourth-order valence-corrected chi connectivity index (χ4v) is 0.851. The van der Waals surface area contributed by atoms with E-state index in [9.17, 15) is 0 Å². The largest absolute Gasteiger partial charge is 0.317 e. The van der Waals surface area contributed by atoms with Crippen molar-refractivity contribution in [3.05, 3.63) is 24.3 Å². The van der Waals surface area contributed by atoms with E-state index in [4.69, 9.17) is 0 Å². The van der Waals surface area contributed by atoms with Crippen LogP contribution in [0, 0.1) is 0 Å². The number of nitrogens with zero attached hydrogens (tertiary/aromatic N) is 2. The highest BCUT2D eigenvalue weighted by Gasteiger charge is 1.99. The Bertz CT molecular complexity index is 198. The predicted octanol–water partition coefficient (Wildman–Crippen LogP) is 0.627. The molecule has 1 atom stereocenters. The molecule has 0 bridgehead atoms. The predicted molar refractivity (Wildman–Crippen MR) is 44.3 cm³/mol. The van der Waals surface area contributed by atoms with Crippen molar-refractivity contribution in [2.45, 2.75) is 19.4 Å². The molecule has 11 heavy (non-hydrogen) atoms. The van der Waals surface area contributed by atoms with Crippen molar-refractivity contribution in [1.82, 2.24) is 15.3 Å². The molecular formula is C8H13N3. The maximum absolute atomic E-state index is 4.16. The third-order valence-corrected chi connectivity index (χ3v) is 1.62. The van der Waals surface area contributed by atoms with Crippen LogP contribution in [-0.2, 0) is 6.42 Å². The second kappa shape index (κ2) is 4.03. The summed E-state index contributed by atoms with van der Waals surface area (Å²) in [5.74, 6) is 0. The minimum Gasteiger partial charge on any atom is -0.317 e. The zero-order valence-electron chi connectivity index (χ0n) is 6.91. The summed E-state index contributed by atoms with van der Waals surface area (Å²) in [7, 11) is 1.95. The quantitative estimate of drug-likeness (QED) is 0.688. The van der Waals surface area contributed by atoms with Crippen LogP contribution in [0.3, 0.4) is 0 Å². The van der Waals surface area contributed by atoms with Crippen LogP contribution >= 0.6 is 0 Å². The van der Waals surface area contributed by atoms with Gasteiger partial charge in [0.2, 0.25) is 0 Å². The first-order valence-electron chi connectivity index (χ1n) is 3.75. The first-order chi connectivity index (χ1) is 5.33. The lowest BCUT2D eigenvalue weighted by Crippen LogP contribution is -2.23. The number of likely N-dealkylation sites (N-methyl/N-ethyl adjacent to an activating group) is 1. The monoisotopic (exact) mass is 151 g/mol. The van der Waals surface area contributed by atoms with Crippen LogP contribution in [0.4, 0.5) is 0 Å². The highest BCUT2D eigenvalue weighted by molar-refractivity contribution is 4.96. The Hall–Kier alpha value is -0.960. The van der Waals surface area contributed by atoms with Crippen LogP contribution in [0.15, 0.2) is 18.6 Å². The number of hydrogen-bond acceptors (Lipinski definition) is 3. The van der Waals surface area contributed by atoms with Crippen molar-refractivity contribution in [3.8, 4) is 0 Å². The molecule has 0 aliphatic heterocycles. The lowest BCUT2D eigenvalue weighted by molar-refractivity contribution is 0.599. The summed E-state index contributed by atoms with van der Waals surface area (Å²) >= 11 is 0. The van der Waals surface area contributed by atoms with Gasteiger partial charge in [0.1, 0.15) is 0 Å². The zero-order chi connectivity index (χ0) is 8.10. The molecule has 0 saturated heterocycles. The topological polar surface area (TPSA) is 37.8 Å². The molecule has 0 fully saturated rings. The van der Waals surface area contributed by atoms with E-state index in [1.807, 2.05) is 7.05 Å². The molecule has 0 spiro atoms. The molecule has 0 radical (unpaired) electrons. The van der Waals surface area contributed by atoms with Crippen LogP contribution in [0.2, 0.25) is 0 Å². The molecule has 3 nitrogen and oxygen atoms in total. The van der Waals surface area contributed by atoms with Crippen molar-refractivity contribution >= 4 is 0 Å². The summed E-state index contributed by atoms with van der Waals surface area (Å²) in [6.07, 6.45) is 6.14. The highest BCUT2D eigenvalue weighted by atomic mass is 14.9. The Balaban J connectivity index is 2.51. The first-order valence-corrected chi connectivity index (χ1v) is 3.75. The van der Waals surface area contributed by atoms with E-state index in [1.165, 1.54) is 0 Å². The van der Waals surface area contributed by atoms with Gasteiger partial charge in [0, 0.05) is 31.1 Å². The SMILES string of the molecule is CN[C@@H](C)Cc1cnccn1. The normalized spacial score (nSPS) is 12.9.